The molecule has 1 amide bonds. The van der Waals surface area contributed by atoms with E-state index in [9.17, 15) is 9.59 Å². The molecule has 2 aliphatic heterocycles. The maximum absolute atomic E-state index is 13.5. The number of hydrogen-bond acceptors (Lipinski definition) is 3. The van der Waals surface area contributed by atoms with Crippen molar-refractivity contribution in [2.24, 2.45) is 5.92 Å². The van der Waals surface area contributed by atoms with Crippen LogP contribution in [0.1, 0.15) is 68.8 Å². The van der Waals surface area contributed by atoms with Crippen LogP contribution in [0.2, 0.25) is 0 Å². The highest BCUT2D eigenvalue weighted by atomic mass is 16.6. The molecule has 0 radical (unpaired) electrons. The Kier molecular flexibility index (Phi) is 5.14. The summed E-state index contributed by atoms with van der Waals surface area (Å²) in [6.45, 7) is 7.79. The number of nitrogens with zero attached hydrogens (tertiary/aromatic N) is 1. The number of piperidine rings is 2. The predicted octanol–water partition coefficient (Wildman–Crippen LogP) is 5.90. The maximum atomic E-state index is 13.5. The van der Waals surface area contributed by atoms with E-state index in [4.69, 9.17) is 4.74 Å². The number of ketones is 1. The fraction of sp³-hybridized carbons (Fsp3) is 0.520. The lowest BCUT2D eigenvalue weighted by Gasteiger charge is -2.48. The molecule has 2 bridgehead atoms. The van der Waals surface area contributed by atoms with Gasteiger partial charge < -0.3 is 9.64 Å². The van der Waals surface area contributed by atoms with Gasteiger partial charge in [0.25, 0.3) is 0 Å². The summed E-state index contributed by atoms with van der Waals surface area (Å²) in [6.07, 6.45) is 4.26. The van der Waals surface area contributed by atoms with Crippen molar-refractivity contribution in [3.8, 4) is 0 Å². The highest BCUT2D eigenvalue weighted by Gasteiger charge is 2.44. The van der Waals surface area contributed by atoms with E-state index >= 15 is 0 Å². The summed E-state index contributed by atoms with van der Waals surface area (Å²) in [7, 11) is 0. The van der Waals surface area contributed by atoms with Gasteiger partial charge in [0.2, 0.25) is 0 Å². The molecule has 2 atom stereocenters. The van der Waals surface area contributed by atoms with Gasteiger partial charge in [-0.1, -0.05) is 36.4 Å². The molecule has 0 saturated carbocycles. The molecule has 2 saturated heterocycles. The van der Waals surface area contributed by atoms with Crippen LogP contribution in [0.4, 0.5) is 4.79 Å². The number of ether oxygens (including phenoxy) is 1. The lowest BCUT2D eigenvalue weighted by molar-refractivity contribution is -0.0260. The number of Topliss-reactive ketones (excluding diaryl/α,β-unsaturated/α-hetero) is 1. The first kappa shape index (κ1) is 19.9. The van der Waals surface area contributed by atoms with Crippen LogP contribution < -0.4 is 0 Å². The smallest absolute Gasteiger partial charge is 0.410 e. The molecule has 2 fully saturated rings. The van der Waals surface area contributed by atoms with Gasteiger partial charge in [0.05, 0.1) is 0 Å². The quantitative estimate of drug-likeness (QED) is 0.597. The molecule has 2 aromatic rings. The molecule has 0 aromatic heterocycles. The van der Waals surface area contributed by atoms with Crippen molar-refractivity contribution >= 4 is 22.6 Å². The summed E-state index contributed by atoms with van der Waals surface area (Å²) in [5.41, 5.74) is 1.51. The van der Waals surface area contributed by atoms with Crippen LogP contribution in [0, 0.1) is 12.8 Å². The molecule has 0 aliphatic carbocycles. The van der Waals surface area contributed by atoms with Gasteiger partial charge in [-0.25, -0.2) is 4.79 Å². The number of amides is 1. The minimum absolute atomic E-state index is 0.0323. The van der Waals surface area contributed by atoms with E-state index in [1.807, 2.05) is 56.0 Å². The van der Waals surface area contributed by atoms with Crippen LogP contribution in [0.5, 0.6) is 0 Å². The van der Waals surface area contributed by atoms with Crippen molar-refractivity contribution in [1.29, 1.82) is 0 Å². The van der Waals surface area contributed by atoms with Gasteiger partial charge in [-0.2, -0.15) is 0 Å². The van der Waals surface area contributed by atoms with Crippen LogP contribution in [0.15, 0.2) is 36.4 Å². The molecule has 0 spiro atoms. The number of aryl methyl sites for hydroxylation is 1. The molecule has 4 nitrogen and oxygen atoms in total. The number of fused-ring (bicyclic) bond motifs is 3. The van der Waals surface area contributed by atoms with Gasteiger partial charge in [-0.05, 0) is 76.1 Å². The maximum Gasteiger partial charge on any atom is 0.410 e. The van der Waals surface area contributed by atoms with E-state index < -0.39 is 5.60 Å². The van der Waals surface area contributed by atoms with E-state index in [0.717, 1.165) is 48.4 Å². The standard InChI is InChI=1S/C25H31NO3/c1-16-12-13-22(21-11-6-5-10-20(16)21)23(27)17-14-18-8-7-9-19(15-17)26(18)24(28)29-25(2,3)4/h5-6,10-13,17-19H,7-9,14-15H2,1-4H3. The molecule has 2 aromatic carbocycles. The summed E-state index contributed by atoms with van der Waals surface area (Å²) in [4.78, 5) is 28.3. The fourth-order valence-corrected chi connectivity index (χ4v) is 5.09. The summed E-state index contributed by atoms with van der Waals surface area (Å²) in [5, 5.41) is 2.18. The Morgan fingerprint density at radius 1 is 0.966 bits per heavy atom. The Morgan fingerprint density at radius 3 is 2.21 bits per heavy atom. The highest BCUT2D eigenvalue weighted by Crippen LogP contribution is 2.40. The van der Waals surface area contributed by atoms with Gasteiger partial charge in [-0.3, -0.25) is 4.79 Å². The van der Waals surface area contributed by atoms with Crippen LogP contribution in [0.25, 0.3) is 10.8 Å². The van der Waals surface area contributed by atoms with Gasteiger partial charge in [0.15, 0.2) is 5.78 Å². The van der Waals surface area contributed by atoms with Crippen molar-refractivity contribution in [1.82, 2.24) is 4.90 Å². The molecule has 29 heavy (non-hydrogen) atoms. The Labute approximate surface area is 173 Å². The van der Waals surface area contributed by atoms with Gasteiger partial charge in [0.1, 0.15) is 5.60 Å². The fourth-order valence-electron chi connectivity index (χ4n) is 5.09. The third-order valence-corrected chi connectivity index (χ3v) is 6.36. The van der Waals surface area contributed by atoms with E-state index in [1.54, 1.807) is 0 Å². The first-order valence-corrected chi connectivity index (χ1v) is 10.8. The summed E-state index contributed by atoms with van der Waals surface area (Å²) in [6, 6.07) is 12.4. The average molecular weight is 394 g/mol. The van der Waals surface area contributed by atoms with Crippen molar-refractivity contribution in [2.45, 2.75) is 77.5 Å². The van der Waals surface area contributed by atoms with E-state index in [2.05, 4.69) is 13.0 Å². The normalized spacial score (nSPS) is 24.4. The van der Waals surface area contributed by atoms with Crippen molar-refractivity contribution in [2.75, 3.05) is 0 Å². The minimum Gasteiger partial charge on any atom is -0.444 e. The summed E-state index contributed by atoms with van der Waals surface area (Å²) in [5.74, 6) is 0.192. The number of hydrogen-bond donors (Lipinski definition) is 0. The second-order valence-corrected chi connectivity index (χ2v) is 9.63. The Bertz CT molecular complexity index is 929. The molecule has 2 heterocycles. The molecule has 2 unspecified atom stereocenters. The monoisotopic (exact) mass is 393 g/mol. The molecule has 0 N–H and O–H groups in total. The lowest BCUT2D eigenvalue weighted by atomic mass is 9.75. The molecule has 2 aliphatic rings. The largest absolute Gasteiger partial charge is 0.444 e. The van der Waals surface area contributed by atoms with Crippen molar-refractivity contribution in [3.63, 3.8) is 0 Å². The summed E-state index contributed by atoms with van der Waals surface area (Å²) < 4.78 is 5.67. The van der Waals surface area contributed by atoms with E-state index in [1.165, 1.54) is 5.56 Å². The number of carbonyl (C=O) groups is 2. The average Bonchev–Trinajstić information content (AvgIpc) is 2.65. The zero-order chi connectivity index (χ0) is 20.8. The van der Waals surface area contributed by atoms with Crippen LogP contribution in [-0.2, 0) is 4.74 Å². The molecular formula is C25H31NO3. The molecule has 4 rings (SSSR count). The van der Waals surface area contributed by atoms with Gasteiger partial charge in [-0.15, -0.1) is 0 Å². The molecule has 4 heteroatoms. The van der Waals surface area contributed by atoms with Crippen LogP contribution in [0.3, 0.4) is 0 Å². The SMILES string of the molecule is Cc1ccc(C(=O)C2CC3CCCC(C2)N3C(=O)OC(C)(C)C)c2ccccc12. The topological polar surface area (TPSA) is 46.6 Å². The molecular weight excluding hydrogens is 362 g/mol. The van der Waals surface area contributed by atoms with E-state index in [0.29, 0.717) is 0 Å². The van der Waals surface area contributed by atoms with E-state index in [-0.39, 0.29) is 29.9 Å². The Balaban J connectivity index is 1.59. The molecule has 154 valence electrons. The second-order valence-electron chi connectivity index (χ2n) is 9.63. The van der Waals surface area contributed by atoms with Crippen LogP contribution in [-0.4, -0.2) is 34.5 Å². The third-order valence-electron chi connectivity index (χ3n) is 6.36. The van der Waals surface area contributed by atoms with Crippen LogP contribution >= 0.6 is 0 Å². The number of benzene rings is 2. The summed E-state index contributed by atoms with van der Waals surface area (Å²) >= 11 is 0. The van der Waals surface area contributed by atoms with Crippen molar-refractivity contribution in [3.05, 3.63) is 47.5 Å². The number of carbonyl (C=O) groups excluding carboxylic acids is 2. The Morgan fingerprint density at radius 2 is 1.59 bits per heavy atom. The zero-order valence-corrected chi connectivity index (χ0v) is 17.9. The predicted molar refractivity (Wildman–Crippen MR) is 115 cm³/mol. The van der Waals surface area contributed by atoms with Gasteiger partial charge in [0, 0.05) is 23.6 Å². The minimum atomic E-state index is -0.501. The lowest BCUT2D eigenvalue weighted by Crippen LogP contribution is -2.56. The first-order chi connectivity index (χ1) is 13.7. The highest BCUT2D eigenvalue weighted by molar-refractivity contribution is 6.09. The Hall–Kier alpha value is -2.36. The third kappa shape index (κ3) is 3.90. The zero-order valence-electron chi connectivity index (χ0n) is 17.9. The van der Waals surface area contributed by atoms with Crippen molar-refractivity contribution < 1.29 is 14.3 Å². The first-order valence-electron chi connectivity index (χ1n) is 10.8. The second kappa shape index (κ2) is 7.47. The number of rotatable bonds is 2. The van der Waals surface area contributed by atoms with Gasteiger partial charge >= 0.3 is 6.09 Å².